The lowest BCUT2D eigenvalue weighted by Gasteiger charge is -2.45. The molecule has 1 amide bonds. The standard InChI is InChI=1S/C13H19BrN4O2/c1-16-5-6-20-11-3-4-18(8-10(11)16)13(19)9-7-12(14)15-17(9)2/h7,10-11H,3-6,8H2,1-2H3. The molecule has 2 saturated heterocycles. The molecule has 3 rings (SSSR count). The van der Waals surface area contributed by atoms with Crippen LogP contribution in [0.5, 0.6) is 0 Å². The molecule has 3 heterocycles. The number of carbonyl (C=O) groups is 1. The van der Waals surface area contributed by atoms with Crippen molar-refractivity contribution in [1.82, 2.24) is 19.6 Å². The fraction of sp³-hybridized carbons (Fsp3) is 0.692. The fourth-order valence-corrected chi connectivity index (χ4v) is 3.48. The molecule has 110 valence electrons. The second-order valence-corrected chi connectivity index (χ2v) is 6.29. The summed E-state index contributed by atoms with van der Waals surface area (Å²) in [5, 5.41) is 4.17. The van der Waals surface area contributed by atoms with Gasteiger partial charge in [0.25, 0.3) is 5.91 Å². The molecule has 0 aromatic carbocycles. The average Bonchev–Trinajstić information content (AvgIpc) is 2.77. The first-order valence-corrected chi connectivity index (χ1v) is 7.66. The van der Waals surface area contributed by atoms with Crippen molar-refractivity contribution >= 4 is 21.8 Å². The van der Waals surface area contributed by atoms with Crippen LogP contribution >= 0.6 is 15.9 Å². The highest BCUT2D eigenvalue weighted by molar-refractivity contribution is 9.10. The van der Waals surface area contributed by atoms with Crippen molar-refractivity contribution in [2.24, 2.45) is 7.05 Å². The van der Waals surface area contributed by atoms with Crippen molar-refractivity contribution in [3.8, 4) is 0 Å². The Hall–Kier alpha value is -0.920. The summed E-state index contributed by atoms with van der Waals surface area (Å²) in [6.45, 7) is 3.19. The topological polar surface area (TPSA) is 50.6 Å². The predicted molar refractivity (Wildman–Crippen MR) is 77.6 cm³/mol. The highest BCUT2D eigenvalue weighted by Gasteiger charge is 2.37. The summed E-state index contributed by atoms with van der Waals surface area (Å²) >= 11 is 3.31. The maximum Gasteiger partial charge on any atom is 0.272 e. The van der Waals surface area contributed by atoms with Crippen molar-refractivity contribution in [3.05, 3.63) is 16.4 Å². The molecule has 2 aliphatic rings. The SMILES string of the molecule is CN1CCOC2CCN(C(=O)c3cc(Br)nn3C)CC21. The molecule has 0 bridgehead atoms. The van der Waals surface area contributed by atoms with Gasteiger partial charge in [-0.25, -0.2) is 0 Å². The molecule has 2 fully saturated rings. The van der Waals surface area contributed by atoms with E-state index in [1.54, 1.807) is 17.8 Å². The molecule has 20 heavy (non-hydrogen) atoms. The normalized spacial score (nSPS) is 27.4. The summed E-state index contributed by atoms with van der Waals surface area (Å²) in [4.78, 5) is 16.8. The molecule has 1 aromatic heterocycles. The van der Waals surface area contributed by atoms with E-state index in [-0.39, 0.29) is 12.0 Å². The maximum absolute atomic E-state index is 12.6. The summed E-state index contributed by atoms with van der Waals surface area (Å²) in [6, 6.07) is 2.08. The van der Waals surface area contributed by atoms with Crippen molar-refractivity contribution in [2.45, 2.75) is 18.6 Å². The van der Waals surface area contributed by atoms with Gasteiger partial charge < -0.3 is 9.64 Å². The zero-order valence-corrected chi connectivity index (χ0v) is 13.3. The van der Waals surface area contributed by atoms with Gasteiger partial charge in [-0.05, 0) is 29.4 Å². The monoisotopic (exact) mass is 342 g/mol. The van der Waals surface area contributed by atoms with Crippen molar-refractivity contribution < 1.29 is 9.53 Å². The molecule has 1 aromatic rings. The lowest BCUT2D eigenvalue weighted by molar-refractivity contribution is -0.0894. The number of halogens is 1. The van der Waals surface area contributed by atoms with Crippen molar-refractivity contribution in [1.29, 1.82) is 0 Å². The van der Waals surface area contributed by atoms with E-state index in [0.29, 0.717) is 16.3 Å². The van der Waals surface area contributed by atoms with Crippen LogP contribution < -0.4 is 0 Å². The minimum absolute atomic E-state index is 0.0446. The average molecular weight is 343 g/mol. The van der Waals surface area contributed by atoms with E-state index in [4.69, 9.17) is 4.74 Å². The number of likely N-dealkylation sites (tertiary alicyclic amines) is 1. The molecular formula is C13H19BrN4O2. The maximum atomic E-state index is 12.6. The number of hydrogen-bond donors (Lipinski definition) is 0. The third-order valence-electron chi connectivity index (χ3n) is 4.22. The molecule has 6 nitrogen and oxygen atoms in total. The number of ether oxygens (including phenoxy) is 1. The minimum atomic E-state index is 0.0446. The summed E-state index contributed by atoms with van der Waals surface area (Å²) in [5.74, 6) is 0.0446. The number of fused-ring (bicyclic) bond motifs is 1. The zero-order chi connectivity index (χ0) is 14.3. The largest absolute Gasteiger partial charge is 0.375 e. The highest BCUT2D eigenvalue weighted by Crippen LogP contribution is 2.23. The molecule has 0 aliphatic carbocycles. The van der Waals surface area contributed by atoms with Crippen LogP contribution in [0.4, 0.5) is 0 Å². The second-order valence-electron chi connectivity index (χ2n) is 5.47. The Labute approximate surface area is 126 Å². The number of nitrogens with zero attached hydrogens (tertiary/aromatic N) is 4. The Morgan fingerprint density at radius 2 is 2.25 bits per heavy atom. The third kappa shape index (κ3) is 2.49. The van der Waals surface area contributed by atoms with Gasteiger partial charge in [0.05, 0.1) is 18.8 Å². The third-order valence-corrected chi connectivity index (χ3v) is 4.61. The van der Waals surface area contributed by atoms with E-state index in [0.717, 1.165) is 32.7 Å². The molecule has 0 N–H and O–H groups in total. The quantitative estimate of drug-likeness (QED) is 0.754. The molecular weight excluding hydrogens is 324 g/mol. The number of aromatic nitrogens is 2. The number of likely N-dealkylation sites (N-methyl/N-ethyl adjacent to an activating group) is 1. The highest BCUT2D eigenvalue weighted by atomic mass is 79.9. The van der Waals surface area contributed by atoms with Gasteiger partial charge in [0, 0.05) is 32.7 Å². The van der Waals surface area contributed by atoms with Crippen LogP contribution in [0.1, 0.15) is 16.9 Å². The fourth-order valence-electron chi connectivity index (χ4n) is 3.02. The summed E-state index contributed by atoms with van der Waals surface area (Å²) in [6.07, 6.45) is 1.16. The van der Waals surface area contributed by atoms with Crippen LogP contribution in [0.15, 0.2) is 10.7 Å². The minimum Gasteiger partial charge on any atom is -0.375 e. The summed E-state index contributed by atoms with van der Waals surface area (Å²) in [5.41, 5.74) is 0.620. The molecule has 7 heteroatoms. The Bertz CT molecular complexity index is 518. The summed E-state index contributed by atoms with van der Waals surface area (Å²) in [7, 11) is 3.90. The van der Waals surface area contributed by atoms with E-state index in [1.165, 1.54) is 0 Å². The molecule has 0 saturated carbocycles. The first-order valence-electron chi connectivity index (χ1n) is 6.87. The van der Waals surface area contributed by atoms with Gasteiger partial charge >= 0.3 is 0 Å². The lowest BCUT2D eigenvalue weighted by Crippen LogP contribution is -2.59. The van der Waals surface area contributed by atoms with Gasteiger partial charge in [-0.3, -0.25) is 14.4 Å². The number of aryl methyl sites for hydroxylation is 1. The Balaban J connectivity index is 1.75. The van der Waals surface area contributed by atoms with Crippen LogP contribution in [0.25, 0.3) is 0 Å². The van der Waals surface area contributed by atoms with Crippen molar-refractivity contribution in [2.75, 3.05) is 33.3 Å². The number of piperidine rings is 1. The van der Waals surface area contributed by atoms with Gasteiger partial charge in [0.15, 0.2) is 0 Å². The van der Waals surface area contributed by atoms with E-state index >= 15 is 0 Å². The number of hydrogen-bond acceptors (Lipinski definition) is 4. The van der Waals surface area contributed by atoms with Crippen LogP contribution in [0.2, 0.25) is 0 Å². The predicted octanol–water partition coefficient (Wildman–Crippen LogP) is 0.728. The van der Waals surface area contributed by atoms with Crippen LogP contribution in [0, 0.1) is 0 Å². The van der Waals surface area contributed by atoms with Crippen molar-refractivity contribution in [3.63, 3.8) is 0 Å². The molecule has 2 unspecified atom stereocenters. The molecule has 2 atom stereocenters. The van der Waals surface area contributed by atoms with E-state index < -0.39 is 0 Å². The van der Waals surface area contributed by atoms with Gasteiger partial charge in [-0.2, -0.15) is 5.10 Å². The molecule has 0 spiro atoms. The van der Waals surface area contributed by atoms with Crippen LogP contribution in [-0.4, -0.2) is 70.9 Å². The van der Waals surface area contributed by atoms with Gasteiger partial charge in [0.2, 0.25) is 0 Å². The summed E-state index contributed by atoms with van der Waals surface area (Å²) < 4.78 is 8.12. The van der Waals surface area contributed by atoms with Crippen LogP contribution in [0.3, 0.4) is 0 Å². The van der Waals surface area contributed by atoms with Crippen LogP contribution in [-0.2, 0) is 11.8 Å². The Kier molecular flexibility index (Phi) is 3.83. The lowest BCUT2D eigenvalue weighted by atomic mass is 9.99. The van der Waals surface area contributed by atoms with E-state index in [9.17, 15) is 4.79 Å². The van der Waals surface area contributed by atoms with Gasteiger partial charge in [-0.1, -0.05) is 0 Å². The molecule has 2 aliphatic heterocycles. The molecule has 0 radical (unpaired) electrons. The van der Waals surface area contributed by atoms with E-state index in [2.05, 4.69) is 33.0 Å². The van der Waals surface area contributed by atoms with Gasteiger partial charge in [-0.15, -0.1) is 0 Å². The first kappa shape index (κ1) is 14.0. The number of carbonyl (C=O) groups excluding carboxylic acids is 1. The second kappa shape index (κ2) is 5.46. The number of rotatable bonds is 1. The number of morpholine rings is 1. The number of amides is 1. The Morgan fingerprint density at radius 3 is 2.95 bits per heavy atom. The van der Waals surface area contributed by atoms with E-state index in [1.807, 2.05) is 4.90 Å². The van der Waals surface area contributed by atoms with Gasteiger partial charge in [0.1, 0.15) is 10.3 Å². The Morgan fingerprint density at radius 1 is 1.45 bits per heavy atom. The smallest absolute Gasteiger partial charge is 0.272 e. The zero-order valence-electron chi connectivity index (χ0n) is 11.8. The first-order chi connectivity index (χ1) is 9.56.